The van der Waals surface area contributed by atoms with Gasteiger partial charge in [-0.1, -0.05) is 19.4 Å². The fourth-order valence-electron chi connectivity index (χ4n) is 1.56. The maximum atomic E-state index is 5.49. The second-order valence-electron chi connectivity index (χ2n) is 4.26. The van der Waals surface area contributed by atoms with Crippen LogP contribution < -0.4 is 5.32 Å². The van der Waals surface area contributed by atoms with E-state index in [2.05, 4.69) is 30.2 Å². The number of unbranched alkanes of at least 4 members (excludes halogenated alkanes) is 1. The molecule has 0 unspecified atom stereocenters. The number of aryl methyl sites for hydroxylation is 1. The molecule has 17 heavy (non-hydrogen) atoms. The summed E-state index contributed by atoms with van der Waals surface area (Å²) in [5.41, 5.74) is 2.39. The van der Waals surface area contributed by atoms with E-state index in [1.165, 1.54) is 18.4 Å². The van der Waals surface area contributed by atoms with Crippen molar-refractivity contribution in [3.05, 3.63) is 29.6 Å². The average Bonchev–Trinajstić information content (AvgIpc) is 2.35. The lowest BCUT2D eigenvalue weighted by molar-refractivity contribution is 0.128. The number of hydrogen-bond acceptors (Lipinski definition) is 3. The van der Waals surface area contributed by atoms with Crippen LogP contribution in [0.5, 0.6) is 0 Å². The fourth-order valence-corrected chi connectivity index (χ4v) is 1.56. The minimum absolute atomic E-state index is 0.849. The summed E-state index contributed by atoms with van der Waals surface area (Å²) < 4.78 is 5.49. The Morgan fingerprint density at radius 3 is 2.88 bits per heavy atom. The predicted octanol–water partition coefficient (Wildman–Crippen LogP) is 2.69. The summed E-state index contributed by atoms with van der Waals surface area (Å²) in [4.78, 5) is 4.34. The van der Waals surface area contributed by atoms with Crippen LogP contribution in [-0.2, 0) is 11.3 Å². The Morgan fingerprint density at radius 2 is 2.12 bits per heavy atom. The van der Waals surface area contributed by atoms with Gasteiger partial charge in [-0.3, -0.25) is 4.98 Å². The third kappa shape index (κ3) is 6.39. The summed E-state index contributed by atoms with van der Waals surface area (Å²) in [6.45, 7) is 7.87. The van der Waals surface area contributed by atoms with Crippen molar-refractivity contribution in [2.75, 3.05) is 19.8 Å². The molecule has 0 atom stereocenters. The molecule has 1 N–H and O–H groups in total. The third-order valence-corrected chi connectivity index (χ3v) is 2.69. The van der Waals surface area contributed by atoms with Gasteiger partial charge < -0.3 is 10.1 Å². The smallest absolute Gasteiger partial charge is 0.0570 e. The topological polar surface area (TPSA) is 34.1 Å². The number of aromatic nitrogens is 1. The molecule has 0 bridgehead atoms. The molecule has 96 valence electrons. The maximum absolute atomic E-state index is 5.49. The molecule has 1 heterocycles. The van der Waals surface area contributed by atoms with Crippen LogP contribution in [0.4, 0.5) is 0 Å². The van der Waals surface area contributed by atoms with E-state index in [0.717, 1.165) is 38.4 Å². The molecule has 3 nitrogen and oxygen atoms in total. The Hall–Kier alpha value is -0.930. The highest BCUT2D eigenvalue weighted by molar-refractivity contribution is 5.17. The number of nitrogens with zero attached hydrogens (tertiary/aromatic N) is 1. The van der Waals surface area contributed by atoms with E-state index in [0.29, 0.717) is 0 Å². The number of hydrogen-bond donors (Lipinski definition) is 1. The van der Waals surface area contributed by atoms with Gasteiger partial charge in [0, 0.05) is 26.0 Å². The Morgan fingerprint density at radius 1 is 1.29 bits per heavy atom. The van der Waals surface area contributed by atoms with E-state index in [9.17, 15) is 0 Å². The van der Waals surface area contributed by atoms with Crippen molar-refractivity contribution in [3.8, 4) is 0 Å². The summed E-state index contributed by atoms with van der Waals surface area (Å²) >= 11 is 0. The molecule has 0 saturated carbocycles. The van der Waals surface area contributed by atoms with Crippen molar-refractivity contribution in [1.29, 1.82) is 0 Å². The third-order valence-electron chi connectivity index (χ3n) is 2.69. The molecule has 0 amide bonds. The van der Waals surface area contributed by atoms with Gasteiger partial charge in [0.05, 0.1) is 5.69 Å². The highest BCUT2D eigenvalue weighted by atomic mass is 16.5. The minimum atomic E-state index is 0.849. The first kappa shape index (κ1) is 14.1. The van der Waals surface area contributed by atoms with Crippen LogP contribution in [0.1, 0.15) is 37.4 Å². The van der Waals surface area contributed by atoms with Gasteiger partial charge in [-0.2, -0.15) is 0 Å². The molecule has 0 saturated heterocycles. The zero-order valence-electron chi connectivity index (χ0n) is 11.0. The molecule has 1 aromatic rings. The van der Waals surface area contributed by atoms with Crippen LogP contribution in [0.2, 0.25) is 0 Å². The SMILES string of the molecule is CCCCOCCCNCc1ncccc1C. The highest BCUT2D eigenvalue weighted by Gasteiger charge is 1.97. The van der Waals surface area contributed by atoms with Crippen LogP contribution in [-0.4, -0.2) is 24.7 Å². The quantitative estimate of drug-likeness (QED) is 0.669. The molecule has 3 heteroatoms. The fraction of sp³-hybridized carbons (Fsp3) is 0.643. The van der Waals surface area contributed by atoms with E-state index in [1.807, 2.05) is 12.3 Å². The Bertz CT molecular complexity index is 302. The zero-order chi connectivity index (χ0) is 12.3. The van der Waals surface area contributed by atoms with Crippen LogP contribution in [0, 0.1) is 6.92 Å². The number of pyridine rings is 1. The molecule has 1 rings (SSSR count). The number of ether oxygens (including phenoxy) is 1. The first-order chi connectivity index (χ1) is 8.34. The van der Waals surface area contributed by atoms with E-state index in [4.69, 9.17) is 4.74 Å². The lowest BCUT2D eigenvalue weighted by atomic mass is 10.2. The first-order valence-corrected chi connectivity index (χ1v) is 6.53. The van der Waals surface area contributed by atoms with Gasteiger partial charge in [0.15, 0.2) is 0 Å². The molecule has 0 aliphatic rings. The van der Waals surface area contributed by atoms with Crippen molar-refractivity contribution in [3.63, 3.8) is 0 Å². The largest absolute Gasteiger partial charge is 0.381 e. The van der Waals surface area contributed by atoms with Crippen LogP contribution in [0.25, 0.3) is 0 Å². The van der Waals surface area contributed by atoms with Gasteiger partial charge in [0.1, 0.15) is 0 Å². The monoisotopic (exact) mass is 236 g/mol. The van der Waals surface area contributed by atoms with Crippen molar-refractivity contribution < 1.29 is 4.74 Å². The second-order valence-corrected chi connectivity index (χ2v) is 4.26. The van der Waals surface area contributed by atoms with Crippen molar-refractivity contribution in [1.82, 2.24) is 10.3 Å². The van der Waals surface area contributed by atoms with Gasteiger partial charge in [0.2, 0.25) is 0 Å². The summed E-state index contributed by atoms with van der Waals surface area (Å²) in [5, 5.41) is 3.39. The maximum Gasteiger partial charge on any atom is 0.0570 e. The summed E-state index contributed by atoms with van der Waals surface area (Å²) in [5.74, 6) is 0. The number of nitrogens with one attached hydrogen (secondary N) is 1. The van der Waals surface area contributed by atoms with E-state index in [1.54, 1.807) is 0 Å². The van der Waals surface area contributed by atoms with Gasteiger partial charge in [-0.05, 0) is 37.9 Å². The van der Waals surface area contributed by atoms with Crippen molar-refractivity contribution in [2.24, 2.45) is 0 Å². The Kier molecular flexibility index (Phi) is 7.60. The molecular formula is C14H24N2O. The molecule has 0 spiro atoms. The van der Waals surface area contributed by atoms with E-state index in [-0.39, 0.29) is 0 Å². The second kappa shape index (κ2) is 9.14. The first-order valence-electron chi connectivity index (χ1n) is 6.53. The minimum Gasteiger partial charge on any atom is -0.381 e. The number of rotatable bonds is 9. The molecule has 0 fully saturated rings. The average molecular weight is 236 g/mol. The molecule has 0 aliphatic carbocycles. The Balaban J connectivity index is 1.99. The predicted molar refractivity (Wildman–Crippen MR) is 71.0 cm³/mol. The normalized spacial score (nSPS) is 10.7. The molecule has 0 aliphatic heterocycles. The molecule has 0 radical (unpaired) electrons. The summed E-state index contributed by atoms with van der Waals surface area (Å²) in [6, 6.07) is 4.07. The molecule has 1 aromatic heterocycles. The summed E-state index contributed by atoms with van der Waals surface area (Å²) in [6.07, 6.45) is 5.28. The standard InChI is InChI=1S/C14H24N2O/c1-3-4-10-17-11-6-8-15-12-14-13(2)7-5-9-16-14/h5,7,9,15H,3-4,6,8,10-12H2,1-2H3. The molecule has 0 aromatic carbocycles. The van der Waals surface area contributed by atoms with E-state index >= 15 is 0 Å². The zero-order valence-corrected chi connectivity index (χ0v) is 11.0. The van der Waals surface area contributed by atoms with E-state index < -0.39 is 0 Å². The van der Waals surface area contributed by atoms with Crippen LogP contribution >= 0.6 is 0 Å². The Labute approximate surface area is 105 Å². The van der Waals surface area contributed by atoms with Gasteiger partial charge in [-0.15, -0.1) is 0 Å². The van der Waals surface area contributed by atoms with Crippen molar-refractivity contribution >= 4 is 0 Å². The lowest BCUT2D eigenvalue weighted by Crippen LogP contribution is -2.17. The lowest BCUT2D eigenvalue weighted by Gasteiger charge is -2.07. The van der Waals surface area contributed by atoms with Gasteiger partial charge >= 0.3 is 0 Å². The highest BCUT2D eigenvalue weighted by Crippen LogP contribution is 2.01. The molecular weight excluding hydrogens is 212 g/mol. The van der Waals surface area contributed by atoms with Crippen LogP contribution in [0.15, 0.2) is 18.3 Å². The summed E-state index contributed by atoms with van der Waals surface area (Å²) in [7, 11) is 0. The van der Waals surface area contributed by atoms with Gasteiger partial charge in [0.25, 0.3) is 0 Å². The van der Waals surface area contributed by atoms with Gasteiger partial charge in [-0.25, -0.2) is 0 Å². The van der Waals surface area contributed by atoms with Crippen molar-refractivity contribution in [2.45, 2.75) is 39.7 Å². The van der Waals surface area contributed by atoms with Crippen LogP contribution in [0.3, 0.4) is 0 Å².